The zero-order chi connectivity index (χ0) is 18.0. The Labute approximate surface area is 150 Å². The first-order valence-electron chi connectivity index (χ1n) is 8.54. The Morgan fingerprint density at radius 2 is 2.16 bits per heavy atom. The summed E-state index contributed by atoms with van der Waals surface area (Å²) in [6.07, 6.45) is 1.52. The number of hydrogen-bond acceptors (Lipinski definition) is 5. The van der Waals surface area contributed by atoms with Gasteiger partial charge in [0, 0.05) is 18.8 Å². The van der Waals surface area contributed by atoms with Gasteiger partial charge in [-0.15, -0.1) is 0 Å². The molecule has 6 nitrogen and oxygen atoms in total. The molecule has 0 radical (unpaired) electrons. The maximum absolute atomic E-state index is 12.6. The normalized spacial score (nSPS) is 19.8. The van der Waals surface area contributed by atoms with Crippen molar-refractivity contribution in [2.75, 3.05) is 18.8 Å². The lowest BCUT2D eigenvalue weighted by Crippen LogP contribution is -2.43. The highest BCUT2D eigenvalue weighted by atomic mass is 32.2. The molecule has 0 unspecified atom stereocenters. The van der Waals surface area contributed by atoms with Gasteiger partial charge in [0.1, 0.15) is 21.9 Å². The molecule has 1 fully saturated rings. The average Bonchev–Trinajstić information content (AvgIpc) is 2.98. The van der Waals surface area contributed by atoms with Crippen LogP contribution in [0.5, 0.6) is 0 Å². The van der Waals surface area contributed by atoms with Gasteiger partial charge in [-0.1, -0.05) is 12.1 Å². The Morgan fingerprint density at radius 1 is 1.40 bits per heavy atom. The number of hydrogen-bond donors (Lipinski definition) is 0. The molecule has 3 rings (SSSR count). The molecular weight excluding hydrogens is 340 g/mol. The summed E-state index contributed by atoms with van der Waals surface area (Å²) in [6.45, 7) is 6.81. The predicted molar refractivity (Wildman–Crippen MR) is 95.8 cm³/mol. The van der Waals surface area contributed by atoms with Gasteiger partial charge in [-0.05, 0) is 51.7 Å². The minimum Gasteiger partial charge on any atom is -0.444 e. The van der Waals surface area contributed by atoms with E-state index >= 15 is 0 Å². The van der Waals surface area contributed by atoms with Gasteiger partial charge in [0.15, 0.2) is 5.58 Å². The minimum absolute atomic E-state index is 0.150. The van der Waals surface area contributed by atoms with Crippen molar-refractivity contribution < 1.29 is 18.2 Å². The Bertz CT molecular complexity index is 748. The third-order valence-electron chi connectivity index (χ3n) is 4.03. The number of rotatable bonds is 3. The number of para-hydroxylation sites is 2. The Hall–Kier alpha value is -1.89. The molecule has 1 aromatic carbocycles. The standard InChI is InChI=1S/C18H24N2O4S/c1-18(2,3)24-17(21)20-10-6-7-13(11-20)12-25(22)16-19-14-8-4-5-9-15(14)23-16/h4-5,8-9,13H,6-7,10-12H2,1-3H3/t13-,25-/m0/s1. The molecule has 0 aliphatic carbocycles. The third-order valence-corrected chi connectivity index (χ3v) is 5.37. The smallest absolute Gasteiger partial charge is 0.410 e. The van der Waals surface area contributed by atoms with E-state index < -0.39 is 16.4 Å². The molecule has 136 valence electrons. The van der Waals surface area contributed by atoms with Crippen LogP contribution in [-0.4, -0.2) is 44.6 Å². The maximum Gasteiger partial charge on any atom is 0.410 e. The zero-order valence-corrected chi connectivity index (χ0v) is 15.7. The molecule has 1 amide bonds. The summed E-state index contributed by atoms with van der Waals surface area (Å²) in [6, 6.07) is 7.38. The lowest BCUT2D eigenvalue weighted by Gasteiger charge is -2.33. The van der Waals surface area contributed by atoms with Gasteiger partial charge in [-0.3, -0.25) is 0 Å². The summed E-state index contributed by atoms with van der Waals surface area (Å²) < 4.78 is 23.6. The number of nitrogens with zero attached hydrogens (tertiary/aromatic N) is 2. The highest BCUT2D eigenvalue weighted by Gasteiger charge is 2.29. The molecule has 1 aliphatic rings. The van der Waals surface area contributed by atoms with Crippen molar-refractivity contribution in [3.8, 4) is 0 Å². The number of ether oxygens (including phenoxy) is 1. The molecular formula is C18H24N2O4S. The van der Waals surface area contributed by atoms with Crippen molar-refractivity contribution in [2.24, 2.45) is 5.92 Å². The van der Waals surface area contributed by atoms with Crippen LogP contribution in [0.25, 0.3) is 11.1 Å². The molecule has 2 heterocycles. The number of aromatic nitrogens is 1. The highest BCUT2D eigenvalue weighted by Crippen LogP contribution is 2.23. The molecule has 2 atom stereocenters. The summed E-state index contributed by atoms with van der Waals surface area (Å²) in [5.74, 6) is 0.587. The molecule has 1 aromatic heterocycles. The quantitative estimate of drug-likeness (QED) is 0.832. The van der Waals surface area contributed by atoms with E-state index in [0.717, 1.165) is 12.8 Å². The first-order chi connectivity index (χ1) is 11.8. The summed E-state index contributed by atoms with van der Waals surface area (Å²) >= 11 is 0. The second-order valence-electron chi connectivity index (χ2n) is 7.39. The molecule has 25 heavy (non-hydrogen) atoms. The zero-order valence-electron chi connectivity index (χ0n) is 14.9. The van der Waals surface area contributed by atoms with Gasteiger partial charge in [-0.25, -0.2) is 14.0 Å². The van der Waals surface area contributed by atoms with Gasteiger partial charge >= 0.3 is 6.09 Å². The molecule has 1 aliphatic heterocycles. The van der Waals surface area contributed by atoms with Crippen LogP contribution >= 0.6 is 0 Å². The minimum atomic E-state index is -1.32. The Balaban J connectivity index is 1.62. The van der Waals surface area contributed by atoms with Crippen molar-refractivity contribution in [3.05, 3.63) is 24.3 Å². The van der Waals surface area contributed by atoms with Crippen molar-refractivity contribution in [1.82, 2.24) is 9.88 Å². The van der Waals surface area contributed by atoms with E-state index in [4.69, 9.17) is 9.15 Å². The number of benzene rings is 1. The summed E-state index contributed by atoms with van der Waals surface area (Å²) in [5, 5.41) is 0.260. The fourth-order valence-corrected chi connectivity index (χ4v) is 4.15. The van der Waals surface area contributed by atoms with Crippen LogP contribution in [0.2, 0.25) is 0 Å². The average molecular weight is 364 g/mol. The number of carbonyl (C=O) groups is 1. The van der Waals surface area contributed by atoms with E-state index in [1.54, 1.807) is 4.90 Å². The predicted octanol–water partition coefficient (Wildman–Crippen LogP) is 3.58. The monoisotopic (exact) mass is 364 g/mol. The number of oxazole rings is 1. The molecule has 0 N–H and O–H groups in total. The lowest BCUT2D eigenvalue weighted by atomic mass is 10.0. The van der Waals surface area contributed by atoms with Gasteiger partial charge in [0.2, 0.25) is 0 Å². The first-order valence-corrected chi connectivity index (χ1v) is 9.85. The van der Waals surface area contributed by atoms with Crippen LogP contribution in [0.4, 0.5) is 4.79 Å². The molecule has 2 aromatic rings. The van der Waals surface area contributed by atoms with E-state index in [2.05, 4.69) is 4.98 Å². The second-order valence-corrected chi connectivity index (χ2v) is 8.77. The van der Waals surface area contributed by atoms with Crippen molar-refractivity contribution in [3.63, 3.8) is 0 Å². The fraction of sp³-hybridized carbons (Fsp3) is 0.556. The number of fused-ring (bicyclic) bond motifs is 1. The molecule has 0 bridgehead atoms. The molecule has 0 spiro atoms. The van der Waals surface area contributed by atoms with E-state index in [0.29, 0.717) is 29.9 Å². The van der Waals surface area contributed by atoms with Crippen LogP contribution < -0.4 is 0 Å². The summed E-state index contributed by atoms with van der Waals surface area (Å²) in [4.78, 5) is 18.2. The van der Waals surface area contributed by atoms with Crippen LogP contribution in [0.3, 0.4) is 0 Å². The molecule has 0 saturated carbocycles. The number of amides is 1. The van der Waals surface area contributed by atoms with Crippen LogP contribution in [-0.2, 0) is 15.5 Å². The largest absolute Gasteiger partial charge is 0.444 e. The first kappa shape index (κ1) is 17.9. The van der Waals surface area contributed by atoms with E-state index in [1.165, 1.54) is 0 Å². The van der Waals surface area contributed by atoms with Crippen LogP contribution in [0, 0.1) is 5.92 Å². The second kappa shape index (κ2) is 7.15. The molecule has 1 saturated heterocycles. The van der Waals surface area contributed by atoms with Gasteiger partial charge in [-0.2, -0.15) is 0 Å². The number of piperidine rings is 1. The summed E-state index contributed by atoms with van der Waals surface area (Å²) in [5.41, 5.74) is 0.847. The number of likely N-dealkylation sites (tertiary alicyclic amines) is 1. The van der Waals surface area contributed by atoms with Gasteiger partial charge < -0.3 is 14.1 Å². The van der Waals surface area contributed by atoms with E-state index in [1.807, 2.05) is 45.0 Å². The fourth-order valence-electron chi connectivity index (χ4n) is 2.93. The lowest BCUT2D eigenvalue weighted by molar-refractivity contribution is 0.0176. The SMILES string of the molecule is CC(C)(C)OC(=O)N1CCC[C@H](C[S@](=O)c2nc3ccccc3o2)C1. The van der Waals surface area contributed by atoms with Crippen LogP contribution in [0.1, 0.15) is 33.6 Å². The van der Waals surface area contributed by atoms with Crippen molar-refractivity contribution >= 4 is 28.0 Å². The van der Waals surface area contributed by atoms with Crippen molar-refractivity contribution in [2.45, 2.75) is 44.4 Å². The van der Waals surface area contributed by atoms with Crippen LogP contribution in [0.15, 0.2) is 33.9 Å². The number of carbonyl (C=O) groups excluding carboxylic acids is 1. The molecule has 7 heteroatoms. The highest BCUT2D eigenvalue weighted by molar-refractivity contribution is 7.84. The van der Waals surface area contributed by atoms with E-state index in [-0.39, 0.29) is 17.2 Å². The Morgan fingerprint density at radius 3 is 2.88 bits per heavy atom. The maximum atomic E-state index is 12.6. The van der Waals surface area contributed by atoms with Gasteiger partial charge in [0.05, 0.1) is 0 Å². The Kier molecular flexibility index (Phi) is 5.13. The topological polar surface area (TPSA) is 72.6 Å². The summed E-state index contributed by atoms with van der Waals surface area (Å²) in [7, 11) is -1.32. The third kappa shape index (κ3) is 4.60. The van der Waals surface area contributed by atoms with Crippen molar-refractivity contribution in [1.29, 1.82) is 0 Å². The van der Waals surface area contributed by atoms with Gasteiger partial charge in [0.25, 0.3) is 5.22 Å². The van der Waals surface area contributed by atoms with E-state index in [9.17, 15) is 9.00 Å².